The molecule has 2 aromatic carbocycles. The molecule has 5 nitrogen and oxygen atoms in total. The van der Waals surface area contributed by atoms with Gasteiger partial charge in [-0.05, 0) is 48.4 Å². The first-order valence-corrected chi connectivity index (χ1v) is 7.84. The number of nitriles is 1. The normalized spacial score (nSPS) is 11.3. The molecule has 0 bridgehead atoms. The van der Waals surface area contributed by atoms with Crippen LogP contribution in [0.15, 0.2) is 43.0 Å². The minimum absolute atomic E-state index is 0.0438. The molecule has 130 valence electrons. The molecule has 0 aliphatic carbocycles. The fraction of sp³-hybridized carbons (Fsp3) is 0.100. The second kappa shape index (κ2) is 7.11. The predicted molar refractivity (Wildman–Crippen MR) is 98.1 cm³/mol. The summed E-state index contributed by atoms with van der Waals surface area (Å²) in [5, 5.41) is 19.7. The van der Waals surface area contributed by atoms with Crippen molar-refractivity contribution in [3.63, 3.8) is 0 Å². The van der Waals surface area contributed by atoms with Gasteiger partial charge in [-0.25, -0.2) is 9.37 Å². The van der Waals surface area contributed by atoms with Crippen LogP contribution in [0.4, 0.5) is 4.39 Å². The van der Waals surface area contributed by atoms with E-state index in [9.17, 15) is 14.8 Å². The molecule has 0 radical (unpaired) electrons. The number of aromatic hydroxyl groups is 1. The summed E-state index contributed by atoms with van der Waals surface area (Å²) in [5.41, 5.74) is 2.66. The molecule has 0 unspecified atom stereocenters. The van der Waals surface area contributed by atoms with Crippen LogP contribution in [0.1, 0.15) is 17.0 Å². The molecule has 0 aliphatic rings. The van der Waals surface area contributed by atoms with Crippen molar-refractivity contribution >= 4 is 22.7 Å². The van der Waals surface area contributed by atoms with Gasteiger partial charge in [-0.2, -0.15) is 5.26 Å². The Morgan fingerprint density at radius 3 is 2.92 bits per heavy atom. The van der Waals surface area contributed by atoms with Gasteiger partial charge >= 0.3 is 0 Å². The number of phenolic OH excluding ortho intramolecular Hbond substituents is 1. The number of aromatic nitrogens is 2. The second-order valence-electron chi connectivity index (χ2n) is 5.64. The Bertz CT molecular complexity index is 1060. The summed E-state index contributed by atoms with van der Waals surface area (Å²) < 4.78 is 18.5. The van der Waals surface area contributed by atoms with Crippen molar-refractivity contribution in [2.45, 2.75) is 6.42 Å². The van der Waals surface area contributed by atoms with Crippen LogP contribution < -0.4 is 4.74 Å². The fourth-order valence-electron chi connectivity index (χ4n) is 2.67. The van der Waals surface area contributed by atoms with E-state index in [1.807, 2.05) is 0 Å². The van der Waals surface area contributed by atoms with Gasteiger partial charge in [0.25, 0.3) is 0 Å². The summed E-state index contributed by atoms with van der Waals surface area (Å²) in [4.78, 5) is 7.28. The van der Waals surface area contributed by atoms with E-state index in [0.29, 0.717) is 40.2 Å². The highest BCUT2D eigenvalue weighted by molar-refractivity contribution is 5.90. The van der Waals surface area contributed by atoms with Crippen molar-refractivity contribution in [1.82, 2.24) is 9.97 Å². The van der Waals surface area contributed by atoms with E-state index in [0.717, 1.165) is 0 Å². The van der Waals surface area contributed by atoms with Gasteiger partial charge in [0.1, 0.15) is 17.7 Å². The molecule has 0 spiro atoms. The summed E-state index contributed by atoms with van der Waals surface area (Å²) in [6.45, 7) is 3.67. The largest absolute Gasteiger partial charge is 0.504 e. The Morgan fingerprint density at radius 1 is 1.42 bits per heavy atom. The number of hydrogen-bond acceptors (Lipinski definition) is 4. The van der Waals surface area contributed by atoms with Gasteiger partial charge in [0.05, 0.1) is 23.7 Å². The molecule has 0 aliphatic heterocycles. The lowest BCUT2D eigenvalue weighted by Crippen LogP contribution is -1.92. The van der Waals surface area contributed by atoms with Gasteiger partial charge in [-0.1, -0.05) is 6.08 Å². The third kappa shape index (κ3) is 3.28. The van der Waals surface area contributed by atoms with E-state index in [1.54, 1.807) is 30.4 Å². The molecule has 1 heterocycles. The molecule has 0 fully saturated rings. The van der Waals surface area contributed by atoms with Crippen LogP contribution in [0.3, 0.4) is 0 Å². The lowest BCUT2D eigenvalue weighted by atomic mass is 10.0. The Labute approximate surface area is 149 Å². The quantitative estimate of drug-likeness (QED) is 0.534. The molecule has 0 atom stereocenters. The third-order valence-electron chi connectivity index (χ3n) is 3.89. The smallest absolute Gasteiger partial charge is 0.161 e. The number of phenols is 1. The van der Waals surface area contributed by atoms with Crippen LogP contribution in [0.2, 0.25) is 0 Å². The van der Waals surface area contributed by atoms with Crippen LogP contribution in [0, 0.1) is 17.1 Å². The number of ether oxygens (including phenoxy) is 1. The molecule has 0 saturated heterocycles. The molecular formula is C20H16FN3O2. The van der Waals surface area contributed by atoms with Crippen LogP contribution in [0.25, 0.3) is 22.7 Å². The zero-order chi connectivity index (χ0) is 18.7. The van der Waals surface area contributed by atoms with Gasteiger partial charge in [0, 0.05) is 5.56 Å². The van der Waals surface area contributed by atoms with Crippen molar-refractivity contribution in [3.05, 3.63) is 65.8 Å². The number of allylic oxidation sites excluding steroid dienone is 2. The second-order valence-corrected chi connectivity index (χ2v) is 5.64. The molecule has 1 aromatic heterocycles. The first-order chi connectivity index (χ1) is 12.5. The number of halogens is 1. The number of benzene rings is 2. The Hall–Kier alpha value is -3.59. The molecule has 6 heteroatoms. The first kappa shape index (κ1) is 17.2. The van der Waals surface area contributed by atoms with E-state index < -0.39 is 0 Å². The summed E-state index contributed by atoms with van der Waals surface area (Å²) >= 11 is 0. The Morgan fingerprint density at radius 2 is 2.23 bits per heavy atom. The van der Waals surface area contributed by atoms with Crippen LogP contribution in [-0.4, -0.2) is 22.2 Å². The predicted octanol–water partition coefficient (Wildman–Crippen LogP) is 4.21. The van der Waals surface area contributed by atoms with E-state index in [2.05, 4.69) is 22.6 Å². The van der Waals surface area contributed by atoms with E-state index in [1.165, 1.54) is 19.2 Å². The number of H-pyrrole nitrogens is 1. The minimum Gasteiger partial charge on any atom is -0.504 e. The van der Waals surface area contributed by atoms with Gasteiger partial charge < -0.3 is 14.8 Å². The van der Waals surface area contributed by atoms with E-state index in [-0.39, 0.29) is 17.1 Å². The van der Waals surface area contributed by atoms with Crippen LogP contribution >= 0.6 is 0 Å². The summed E-state index contributed by atoms with van der Waals surface area (Å²) in [5.74, 6) is 0.305. The standard InChI is InChI=1S/C20H16FN3O2/c1-3-4-13-7-12(9-18(26-2)19(13)25)8-14(11-22)20-23-16-6-5-15(21)10-17(16)24-20/h3,5-10,25H,1,4H2,2H3,(H,23,24)/b14-8-. The van der Waals surface area contributed by atoms with E-state index >= 15 is 0 Å². The lowest BCUT2D eigenvalue weighted by molar-refractivity contribution is 0.371. The van der Waals surface area contributed by atoms with Crippen molar-refractivity contribution in [1.29, 1.82) is 5.26 Å². The number of nitrogens with one attached hydrogen (secondary N) is 1. The number of methoxy groups -OCH3 is 1. The summed E-state index contributed by atoms with van der Waals surface area (Å²) in [7, 11) is 1.46. The molecule has 2 N–H and O–H groups in total. The van der Waals surface area contributed by atoms with Crippen LogP contribution in [-0.2, 0) is 6.42 Å². The molecule has 26 heavy (non-hydrogen) atoms. The molecule has 3 aromatic rings. The summed E-state index contributed by atoms with van der Waals surface area (Å²) in [6, 6.07) is 9.66. The maximum atomic E-state index is 13.3. The zero-order valence-electron chi connectivity index (χ0n) is 14.1. The van der Waals surface area contributed by atoms with Crippen molar-refractivity contribution in [3.8, 4) is 17.6 Å². The monoisotopic (exact) mass is 349 g/mol. The number of aromatic amines is 1. The average Bonchev–Trinajstić information content (AvgIpc) is 3.05. The topological polar surface area (TPSA) is 81.9 Å². The Balaban J connectivity index is 2.09. The fourth-order valence-corrected chi connectivity index (χ4v) is 2.67. The van der Waals surface area contributed by atoms with Crippen molar-refractivity contribution in [2.75, 3.05) is 7.11 Å². The van der Waals surface area contributed by atoms with Gasteiger partial charge in [-0.3, -0.25) is 0 Å². The average molecular weight is 349 g/mol. The number of fused-ring (bicyclic) bond motifs is 1. The number of rotatable bonds is 5. The lowest BCUT2D eigenvalue weighted by Gasteiger charge is -2.09. The highest BCUT2D eigenvalue weighted by atomic mass is 19.1. The SMILES string of the molecule is C=CCc1cc(/C=C(/C#N)c2nc3ccc(F)cc3[nH]2)cc(OC)c1O. The van der Waals surface area contributed by atoms with Gasteiger partial charge in [-0.15, -0.1) is 6.58 Å². The minimum atomic E-state index is -0.382. The maximum absolute atomic E-state index is 13.3. The number of imidazole rings is 1. The first-order valence-electron chi connectivity index (χ1n) is 7.84. The van der Waals surface area contributed by atoms with E-state index in [4.69, 9.17) is 4.74 Å². The third-order valence-corrected chi connectivity index (χ3v) is 3.89. The maximum Gasteiger partial charge on any atom is 0.161 e. The summed E-state index contributed by atoms with van der Waals surface area (Å²) in [6.07, 6.45) is 3.75. The number of hydrogen-bond donors (Lipinski definition) is 2. The molecule has 0 saturated carbocycles. The zero-order valence-corrected chi connectivity index (χ0v) is 14.1. The van der Waals surface area contributed by atoms with Gasteiger partial charge in [0.15, 0.2) is 11.5 Å². The number of nitrogens with zero attached hydrogens (tertiary/aromatic N) is 2. The molecule has 0 amide bonds. The van der Waals surface area contributed by atoms with Crippen molar-refractivity contribution < 1.29 is 14.2 Å². The van der Waals surface area contributed by atoms with Crippen LogP contribution in [0.5, 0.6) is 11.5 Å². The highest BCUT2D eigenvalue weighted by Gasteiger charge is 2.12. The molecular weight excluding hydrogens is 333 g/mol. The van der Waals surface area contributed by atoms with Gasteiger partial charge in [0.2, 0.25) is 0 Å². The molecule has 3 rings (SSSR count). The Kier molecular flexibility index (Phi) is 4.72. The highest BCUT2D eigenvalue weighted by Crippen LogP contribution is 2.33. The van der Waals surface area contributed by atoms with Crippen molar-refractivity contribution in [2.24, 2.45) is 0 Å².